The predicted molar refractivity (Wildman–Crippen MR) is 134 cm³/mol. The standard InChI is InChI=1S/C24H30FN7O3S/c1-13(16-8-17(25)11-26-10-16)28-22-30-18(19-20(31-22)29-14(2)36-19)21(33)32-7-6-15(12-32)9-27-23(34)35-24(3,4)5/h8,10-11,13,15H,6-7,9,12H2,1-5H3,(H,27,34)(H,28,30,31)/t13-,15-/m0/s1. The first kappa shape index (κ1) is 25.7. The Bertz CT molecular complexity index is 1280. The van der Waals surface area contributed by atoms with Crippen LogP contribution in [0.1, 0.15) is 61.2 Å². The van der Waals surface area contributed by atoms with Crippen molar-refractivity contribution in [1.82, 2.24) is 30.2 Å². The van der Waals surface area contributed by atoms with Crippen molar-refractivity contribution >= 4 is 39.6 Å². The minimum atomic E-state index is -0.568. The van der Waals surface area contributed by atoms with E-state index in [9.17, 15) is 14.0 Å². The first-order valence-electron chi connectivity index (χ1n) is 11.8. The maximum atomic E-state index is 13.6. The first-order chi connectivity index (χ1) is 17.0. The number of aryl methyl sites for hydroxylation is 1. The van der Waals surface area contributed by atoms with Gasteiger partial charge in [-0.15, -0.1) is 11.3 Å². The molecule has 0 unspecified atom stereocenters. The Balaban J connectivity index is 1.48. The topological polar surface area (TPSA) is 122 Å². The molecular weight excluding hydrogens is 485 g/mol. The van der Waals surface area contributed by atoms with E-state index in [1.54, 1.807) is 11.1 Å². The normalized spacial score (nSPS) is 16.7. The molecule has 0 bridgehead atoms. The molecule has 2 amide bonds. The van der Waals surface area contributed by atoms with Gasteiger partial charge in [0.2, 0.25) is 5.95 Å². The van der Waals surface area contributed by atoms with Crippen LogP contribution in [-0.4, -0.2) is 62.1 Å². The van der Waals surface area contributed by atoms with E-state index in [0.717, 1.165) is 17.6 Å². The number of likely N-dealkylation sites (tertiary alicyclic amines) is 1. The number of amides is 2. The quantitative estimate of drug-likeness (QED) is 0.503. The highest BCUT2D eigenvalue weighted by Gasteiger charge is 2.31. The van der Waals surface area contributed by atoms with Crippen LogP contribution in [-0.2, 0) is 4.74 Å². The van der Waals surface area contributed by atoms with Crippen LogP contribution in [0.4, 0.5) is 15.1 Å². The van der Waals surface area contributed by atoms with E-state index >= 15 is 0 Å². The molecule has 1 saturated heterocycles. The van der Waals surface area contributed by atoms with Crippen molar-refractivity contribution in [3.05, 3.63) is 40.5 Å². The SMILES string of the molecule is Cc1nc2nc(N[C@@H](C)c3cncc(F)c3)nc(C(=O)N3CC[C@@H](CNC(=O)OC(C)(C)C)C3)c2s1. The number of nitrogens with zero attached hydrogens (tertiary/aromatic N) is 5. The Labute approximate surface area is 212 Å². The van der Waals surface area contributed by atoms with Crippen molar-refractivity contribution in [2.45, 2.75) is 52.7 Å². The molecule has 1 aliphatic rings. The number of ether oxygens (including phenoxy) is 1. The molecule has 1 fully saturated rings. The molecule has 12 heteroatoms. The summed E-state index contributed by atoms with van der Waals surface area (Å²) in [5.74, 6) is -0.308. The molecule has 2 N–H and O–H groups in total. The fourth-order valence-corrected chi connectivity index (χ4v) is 4.79. The number of carbonyl (C=O) groups is 2. The molecule has 10 nitrogen and oxygen atoms in total. The number of halogens is 1. The zero-order valence-electron chi connectivity index (χ0n) is 21.0. The van der Waals surface area contributed by atoms with E-state index < -0.39 is 17.5 Å². The number of alkyl carbamates (subject to hydrolysis) is 1. The summed E-state index contributed by atoms with van der Waals surface area (Å²) in [7, 11) is 0. The number of pyridine rings is 1. The van der Waals surface area contributed by atoms with Crippen molar-refractivity contribution in [2.24, 2.45) is 5.92 Å². The minimum Gasteiger partial charge on any atom is -0.444 e. The van der Waals surface area contributed by atoms with Crippen LogP contribution in [0.15, 0.2) is 18.5 Å². The van der Waals surface area contributed by atoms with E-state index in [-0.39, 0.29) is 29.5 Å². The predicted octanol–water partition coefficient (Wildman–Crippen LogP) is 4.09. The lowest BCUT2D eigenvalue weighted by Gasteiger charge is -2.21. The van der Waals surface area contributed by atoms with Gasteiger partial charge in [-0.3, -0.25) is 9.78 Å². The molecule has 0 radical (unpaired) electrons. The van der Waals surface area contributed by atoms with E-state index in [1.807, 2.05) is 34.6 Å². The van der Waals surface area contributed by atoms with Crippen LogP contribution in [0, 0.1) is 18.7 Å². The molecule has 0 aliphatic carbocycles. The molecule has 2 atom stereocenters. The van der Waals surface area contributed by atoms with Crippen LogP contribution < -0.4 is 10.6 Å². The van der Waals surface area contributed by atoms with Gasteiger partial charge in [0.05, 0.1) is 17.2 Å². The molecule has 192 valence electrons. The number of carbonyl (C=O) groups excluding carboxylic acids is 2. The van der Waals surface area contributed by atoms with E-state index in [4.69, 9.17) is 4.74 Å². The molecule has 3 aromatic rings. The average molecular weight is 516 g/mol. The lowest BCUT2D eigenvalue weighted by atomic mass is 10.1. The van der Waals surface area contributed by atoms with Gasteiger partial charge in [-0.25, -0.2) is 19.2 Å². The molecular formula is C24H30FN7O3S. The van der Waals surface area contributed by atoms with Crippen molar-refractivity contribution < 1.29 is 18.7 Å². The number of anilines is 1. The second-order valence-electron chi connectivity index (χ2n) is 9.87. The van der Waals surface area contributed by atoms with Crippen LogP contribution >= 0.6 is 11.3 Å². The smallest absolute Gasteiger partial charge is 0.407 e. The zero-order valence-corrected chi connectivity index (χ0v) is 21.8. The van der Waals surface area contributed by atoms with Crippen LogP contribution in [0.3, 0.4) is 0 Å². The molecule has 36 heavy (non-hydrogen) atoms. The van der Waals surface area contributed by atoms with Crippen molar-refractivity contribution in [2.75, 3.05) is 25.0 Å². The van der Waals surface area contributed by atoms with Gasteiger partial charge in [-0.1, -0.05) is 0 Å². The highest BCUT2D eigenvalue weighted by Crippen LogP contribution is 2.28. The first-order valence-corrected chi connectivity index (χ1v) is 12.6. The average Bonchev–Trinajstić information content (AvgIpc) is 3.41. The van der Waals surface area contributed by atoms with E-state index in [1.165, 1.54) is 17.4 Å². The Kier molecular flexibility index (Phi) is 7.34. The van der Waals surface area contributed by atoms with Gasteiger partial charge < -0.3 is 20.3 Å². The second-order valence-corrected chi connectivity index (χ2v) is 11.1. The monoisotopic (exact) mass is 515 g/mol. The van der Waals surface area contributed by atoms with Crippen LogP contribution in [0.25, 0.3) is 10.3 Å². The maximum Gasteiger partial charge on any atom is 0.407 e. The van der Waals surface area contributed by atoms with Gasteiger partial charge in [-0.05, 0) is 58.6 Å². The fraction of sp³-hybridized carbons (Fsp3) is 0.500. The second kappa shape index (κ2) is 10.3. The molecule has 0 spiro atoms. The minimum absolute atomic E-state index is 0.111. The molecule has 3 aromatic heterocycles. The lowest BCUT2D eigenvalue weighted by molar-refractivity contribution is 0.0520. The number of aromatic nitrogens is 4. The Morgan fingerprint density at radius 3 is 2.78 bits per heavy atom. The summed E-state index contributed by atoms with van der Waals surface area (Å²) in [6.07, 6.45) is 2.99. The van der Waals surface area contributed by atoms with Gasteiger partial charge in [0.15, 0.2) is 11.3 Å². The summed E-state index contributed by atoms with van der Waals surface area (Å²) in [5, 5.41) is 6.70. The van der Waals surface area contributed by atoms with E-state index in [0.29, 0.717) is 35.5 Å². The number of nitrogens with one attached hydrogen (secondary N) is 2. The van der Waals surface area contributed by atoms with Gasteiger partial charge in [0.25, 0.3) is 5.91 Å². The number of hydrogen-bond donors (Lipinski definition) is 2. The summed E-state index contributed by atoms with van der Waals surface area (Å²) < 4.78 is 19.5. The van der Waals surface area contributed by atoms with Crippen LogP contribution in [0.5, 0.6) is 0 Å². The molecule has 4 heterocycles. The van der Waals surface area contributed by atoms with Gasteiger partial charge in [0, 0.05) is 25.8 Å². The molecule has 4 rings (SSSR count). The van der Waals surface area contributed by atoms with Gasteiger partial charge in [0.1, 0.15) is 16.1 Å². The third-order valence-corrected chi connectivity index (χ3v) is 6.61. The lowest BCUT2D eigenvalue weighted by Crippen LogP contribution is -2.36. The summed E-state index contributed by atoms with van der Waals surface area (Å²) in [4.78, 5) is 44.6. The Hall–Kier alpha value is -3.41. The maximum absolute atomic E-state index is 13.6. The summed E-state index contributed by atoms with van der Waals surface area (Å²) in [5.41, 5.74) is 0.770. The van der Waals surface area contributed by atoms with Gasteiger partial charge >= 0.3 is 6.09 Å². The third-order valence-electron chi connectivity index (χ3n) is 5.64. The van der Waals surface area contributed by atoms with Crippen molar-refractivity contribution in [3.63, 3.8) is 0 Å². The van der Waals surface area contributed by atoms with E-state index in [2.05, 4.69) is 30.6 Å². The van der Waals surface area contributed by atoms with Crippen molar-refractivity contribution in [1.29, 1.82) is 0 Å². The highest BCUT2D eigenvalue weighted by molar-refractivity contribution is 7.18. The zero-order chi connectivity index (χ0) is 26.0. The number of fused-ring (bicyclic) bond motifs is 1. The molecule has 0 aromatic carbocycles. The third kappa shape index (κ3) is 6.23. The molecule has 0 saturated carbocycles. The summed E-state index contributed by atoms with van der Waals surface area (Å²) in [6, 6.07) is 1.04. The highest BCUT2D eigenvalue weighted by atomic mass is 32.1. The summed E-state index contributed by atoms with van der Waals surface area (Å²) >= 11 is 1.37. The summed E-state index contributed by atoms with van der Waals surface area (Å²) in [6.45, 7) is 10.6. The Morgan fingerprint density at radius 2 is 2.06 bits per heavy atom. The van der Waals surface area contributed by atoms with Gasteiger partial charge in [-0.2, -0.15) is 4.98 Å². The van der Waals surface area contributed by atoms with Crippen molar-refractivity contribution in [3.8, 4) is 0 Å². The number of thiazole rings is 1. The van der Waals surface area contributed by atoms with Crippen LogP contribution in [0.2, 0.25) is 0 Å². The number of rotatable bonds is 6. The largest absolute Gasteiger partial charge is 0.444 e. The Morgan fingerprint density at radius 1 is 1.28 bits per heavy atom. The fourth-order valence-electron chi connectivity index (χ4n) is 3.95. The molecule has 1 aliphatic heterocycles. The number of hydrogen-bond acceptors (Lipinski definition) is 9.